The fourth-order valence-electron chi connectivity index (χ4n) is 3.04. The first kappa shape index (κ1) is 21.8. The van der Waals surface area contributed by atoms with Crippen LogP contribution in [-0.4, -0.2) is 34.3 Å². The van der Waals surface area contributed by atoms with Gasteiger partial charge in [-0.15, -0.1) is 11.3 Å². The van der Waals surface area contributed by atoms with E-state index in [0.717, 1.165) is 16.0 Å². The number of amides is 4. The average molecular weight is 491 g/mol. The van der Waals surface area contributed by atoms with Crippen LogP contribution in [0.15, 0.2) is 47.6 Å². The van der Waals surface area contributed by atoms with Gasteiger partial charge in [0.2, 0.25) is 5.78 Å². The van der Waals surface area contributed by atoms with Crippen LogP contribution in [0, 0.1) is 0 Å². The van der Waals surface area contributed by atoms with Crippen molar-refractivity contribution in [1.29, 1.82) is 0 Å². The summed E-state index contributed by atoms with van der Waals surface area (Å²) in [5, 5.41) is 4.23. The predicted molar refractivity (Wildman–Crippen MR) is 120 cm³/mol. The topological polar surface area (TPSA) is 147 Å². The van der Waals surface area contributed by atoms with Gasteiger partial charge < -0.3 is 0 Å². The Hall–Kier alpha value is -3.38. The number of piperidine rings is 1. The molecule has 32 heavy (non-hydrogen) atoms. The van der Waals surface area contributed by atoms with Gasteiger partial charge in [0, 0.05) is 0 Å². The summed E-state index contributed by atoms with van der Waals surface area (Å²) >= 11 is 13.0. The number of nitrogens with zero attached hydrogens (tertiary/aromatic N) is 3. The third-order valence-corrected chi connectivity index (χ3v) is 6.34. The van der Waals surface area contributed by atoms with Crippen LogP contribution in [0.5, 0.6) is 0 Å². The number of carbonyl (C=O) groups excluding carboxylic acids is 4. The number of hydrogen-bond donors (Lipinski definition) is 3. The van der Waals surface area contributed by atoms with E-state index in [1.807, 2.05) is 5.43 Å². The molecule has 3 aromatic rings. The van der Waals surface area contributed by atoms with E-state index in [1.54, 1.807) is 29.7 Å². The van der Waals surface area contributed by atoms with E-state index in [2.05, 4.69) is 10.1 Å². The number of hydrazine groups is 1. The monoisotopic (exact) mass is 490 g/mol. The van der Waals surface area contributed by atoms with Gasteiger partial charge in [-0.2, -0.15) is 5.10 Å². The van der Waals surface area contributed by atoms with Gasteiger partial charge in [0.1, 0.15) is 16.6 Å². The molecule has 0 bridgehead atoms. The smallest absolute Gasteiger partial charge is 0.287 e. The molecule has 0 unspecified atom stereocenters. The summed E-state index contributed by atoms with van der Waals surface area (Å²) in [5.74, 6) is 0.632. The molecule has 1 aliphatic rings. The van der Waals surface area contributed by atoms with Gasteiger partial charge in [0.15, 0.2) is 0 Å². The zero-order chi connectivity index (χ0) is 23.0. The molecule has 2 heterocycles. The third-order valence-electron chi connectivity index (χ3n) is 4.50. The Balaban J connectivity index is 1.84. The van der Waals surface area contributed by atoms with E-state index in [9.17, 15) is 19.2 Å². The molecule has 4 N–H and O–H groups in total. The molecule has 2 aromatic carbocycles. The normalized spacial score (nSPS) is 17.8. The number of nitrogens with two attached hydrogens (primary N) is 1. The van der Waals surface area contributed by atoms with Crippen molar-refractivity contribution in [2.24, 2.45) is 10.9 Å². The second-order valence-electron chi connectivity index (χ2n) is 6.44. The van der Waals surface area contributed by atoms with Gasteiger partial charge in [-0.25, -0.2) is 25.9 Å². The molecule has 10 nitrogen and oxygen atoms in total. The summed E-state index contributed by atoms with van der Waals surface area (Å²) < 4.78 is 0.745. The van der Waals surface area contributed by atoms with Crippen LogP contribution in [0.2, 0.25) is 10.0 Å². The first-order chi connectivity index (χ1) is 15.3. The minimum atomic E-state index is -1.41. The number of benzene rings is 2. The first-order valence-electron chi connectivity index (χ1n) is 8.89. The number of fused-ring (bicyclic) bond motifs is 1. The van der Waals surface area contributed by atoms with E-state index in [-0.39, 0.29) is 20.7 Å². The molecule has 162 valence electrons. The number of halogens is 2. The lowest BCUT2D eigenvalue weighted by molar-refractivity contribution is -0.139. The highest BCUT2D eigenvalue weighted by atomic mass is 35.5. The number of hydrazone groups is 1. The van der Waals surface area contributed by atoms with Gasteiger partial charge in [0.25, 0.3) is 5.91 Å². The number of Topliss-reactive ketones (excluding diaryl/α,β-unsaturated/α-hetero) is 1. The highest BCUT2D eigenvalue weighted by molar-refractivity contribution is 7.19. The fourth-order valence-corrected chi connectivity index (χ4v) is 4.41. The molecule has 1 aliphatic heterocycles. The molecule has 0 radical (unpaired) electrons. The van der Waals surface area contributed by atoms with Crippen molar-refractivity contribution in [2.45, 2.75) is 5.92 Å². The van der Waals surface area contributed by atoms with Crippen LogP contribution >= 0.6 is 34.5 Å². The Labute approximate surface area is 194 Å². The number of nitrogens with one attached hydrogen (secondary N) is 2. The number of aromatic nitrogens is 1. The fraction of sp³-hybridized carbons (Fsp3) is 0.0526. The Morgan fingerprint density at radius 2 is 1.84 bits per heavy atom. The van der Waals surface area contributed by atoms with Crippen LogP contribution in [-0.2, 0) is 14.4 Å². The number of rotatable bonds is 3. The van der Waals surface area contributed by atoms with Gasteiger partial charge in [-0.1, -0.05) is 35.3 Å². The van der Waals surface area contributed by atoms with Gasteiger partial charge in [0.05, 0.1) is 25.9 Å². The van der Waals surface area contributed by atoms with Crippen LogP contribution in [0.25, 0.3) is 10.2 Å². The third kappa shape index (κ3) is 3.82. The molecule has 1 aromatic heterocycles. The molecular formula is C19H12Cl2N6O4S. The largest absolute Gasteiger partial charge is 0.349 e. The quantitative estimate of drug-likeness (QED) is 0.169. The molecule has 13 heteroatoms. The lowest BCUT2D eigenvalue weighted by atomic mass is 9.92. The number of ketones is 1. The predicted octanol–water partition coefficient (Wildman–Crippen LogP) is 2.36. The maximum absolute atomic E-state index is 13.3. The highest BCUT2D eigenvalue weighted by Gasteiger charge is 2.48. The van der Waals surface area contributed by atoms with Crippen molar-refractivity contribution >= 4 is 79.8 Å². The molecule has 4 amide bonds. The lowest BCUT2D eigenvalue weighted by Crippen LogP contribution is -2.55. The van der Waals surface area contributed by atoms with Crippen LogP contribution in [0.1, 0.15) is 10.9 Å². The molecule has 1 saturated heterocycles. The summed E-state index contributed by atoms with van der Waals surface area (Å²) in [4.78, 5) is 55.9. The maximum Gasteiger partial charge on any atom is 0.349 e. The SMILES string of the molecule is NNC(=O)N/N=C1/C(=O)N(c2ccc(Cl)c(Cl)c2)C(=O)C(=O)[C@H]1c1nc2ccccc2s1. The summed E-state index contributed by atoms with van der Waals surface area (Å²) in [7, 11) is 0. The zero-order valence-corrected chi connectivity index (χ0v) is 18.2. The number of carbonyl (C=O) groups is 4. The standard InChI is InChI=1S/C19H12Cl2N6O4S/c20-9-6-5-8(7-10(9)21)27-17(29)14(25-26-19(31)24-22)13(15(28)18(27)30)16-23-11-3-1-2-4-12(11)32-16/h1-7,13H,22H2,(H2,24,26,31)/b25-14+/t13-/m0/s1. The van der Waals surface area contributed by atoms with E-state index >= 15 is 0 Å². The van der Waals surface area contributed by atoms with Crippen molar-refractivity contribution in [3.8, 4) is 0 Å². The number of urea groups is 1. The van der Waals surface area contributed by atoms with Crippen molar-refractivity contribution < 1.29 is 19.2 Å². The molecule has 0 aliphatic carbocycles. The number of para-hydroxylation sites is 1. The zero-order valence-electron chi connectivity index (χ0n) is 15.8. The Bertz CT molecular complexity index is 1290. The number of anilines is 1. The minimum absolute atomic E-state index is 0.0153. The van der Waals surface area contributed by atoms with E-state index < -0.39 is 35.3 Å². The molecule has 4 rings (SSSR count). The van der Waals surface area contributed by atoms with Gasteiger partial charge in [-0.3, -0.25) is 19.8 Å². The van der Waals surface area contributed by atoms with Crippen LogP contribution in [0.3, 0.4) is 0 Å². The number of thiazole rings is 1. The summed E-state index contributed by atoms with van der Waals surface area (Å²) in [6.45, 7) is 0. The average Bonchev–Trinajstić information content (AvgIpc) is 3.21. The van der Waals surface area contributed by atoms with Crippen LogP contribution < -0.4 is 21.6 Å². The number of imide groups is 1. The van der Waals surface area contributed by atoms with Crippen LogP contribution in [0.4, 0.5) is 10.5 Å². The summed E-state index contributed by atoms with van der Waals surface area (Å²) in [6.07, 6.45) is 0. The minimum Gasteiger partial charge on any atom is -0.287 e. The Morgan fingerprint density at radius 1 is 1.09 bits per heavy atom. The van der Waals surface area contributed by atoms with E-state index in [0.29, 0.717) is 10.4 Å². The molecule has 0 spiro atoms. The highest BCUT2D eigenvalue weighted by Crippen LogP contribution is 2.35. The number of hydrogen-bond acceptors (Lipinski definition) is 8. The summed E-state index contributed by atoms with van der Waals surface area (Å²) in [6, 6.07) is 10.1. The van der Waals surface area contributed by atoms with E-state index in [1.165, 1.54) is 18.2 Å². The van der Waals surface area contributed by atoms with Crippen molar-refractivity contribution in [3.63, 3.8) is 0 Å². The molecule has 1 fully saturated rings. The van der Waals surface area contributed by atoms with Crippen molar-refractivity contribution in [2.75, 3.05) is 4.90 Å². The Kier molecular flexibility index (Phi) is 5.89. The molecule has 0 saturated carbocycles. The Morgan fingerprint density at radius 3 is 2.53 bits per heavy atom. The van der Waals surface area contributed by atoms with Gasteiger partial charge >= 0.3 is 11.9 Å². The van der Waals surface area contributed by atoms with Crippen molar-refractivity contribution in [3.05, 3.63) is 57.5 Å². The second-order valence-corrected chi connectivity index (χ2v) is 8.32. The summed E-state index contributed by atoms with van der Waals surface area (Å²) in [5.41, 5.74) is 4.00. The molecule has 1 atom stereocenters. The lowest BCUT2D eigenvalue weighted by Gasteiger charge is -2.29. The van der Waals surface area contributed by atoms with Crippen molar-refractivity contribution in [1.82, 2.24) is 15.8 Å². The van der Waals surface area contributed by atoms with E-state index in [4.69, 9.17) is 29.0 Å². The second kappa shape index (κ2) is 8.63. The first-order valence-corrected chi connectivity index (χ1v) is 10.5. The molecular weight excluding hydrogens is 479 g/mol. The maximum atomic E-state index is 13.3. The van der Waals surface area contributed by atoms with Gasteiger partial charge in [-0.05, 0) is 30.3 Å².